The summed E-state index contributed by atoms with van der Waals surface area (Å²) < 4.78 is 5.05. The van der Waals surface area contributed by atoms with E-state index >= 15 is 0 Å². The molecule has 0 aliphatic carbocycles. The van der Waals surface area contributed by atoms with E-state index in [9.17, 15) is 0 Å². The third-order valence-electron chi connectivity index (χ3n) is 2.68. The summed E-state index contributed by atoms with van der Waals surface area (Å²) in [5.74, 6) is 0.891. The number of nitrogens with zero attached hydrogens (tertiary/aromatic N) is 2. The van der Waals surface area contributed by atoms with Crippen LogP contribution in [0.1, 0.15) is 18.4 Å². The molecule has 0 unspecified atom stereocenters. The van der Waals surface area contributed by atoms with Gasteiger partial charge >= 0.3 is 0 Å². The lowest BCUT2D eigenvalue weighted by atomic mass is 10.2. The summed E-state index contributed by atoms with van der Waals surface area (Å²) in [5.41, 5.74) is 1.04. The van der Waals surface area contributed by atoms with Crippen molar-refractivity contribution in [1.82, 2.24) is 15.4 Å². The van der Waals surface area contributed by atoms with E-state index in [0.29, 0.717) is 6.04 Å². The SMILES string of the molecule is Cc1cc(CN2CCNC[C@@H]2C)no1. The Balaban J connectivity index is 1.95. The van der Waals surface area contributed by atoms with Gasteiger partial charge in [-0.2, -0.15) is 0 Å². The van der Waals surface area contributed by atoms with Crippen LogP contribution in [0.4, 0.5) is 0 Å². The average Bonchev–Trinajstić information content (AvgIpc) is 2.56. The molecule has 0 saturated carbocycles. The molecule has 4 heteroatoms. The molecular weight excluding hydrogens is 178 g/mol. The molecule has 1 aromatic rings. The van der Waals surface area contributed by atoms with Crippen molar-refractivity contribution in [3.8, 4) is 0 Å². The Kier molecular flexibility index (Phi) is 2.84. The number of nitrogens with one attached hydrogen (secondary N) is 1. The molecule has 1 aliphatic rings. The van der Waals surface area contributed by atoms with Crippen LogP contribution in [0.5, 0.6) is 0 Å². The average molecular weight is 195 g/mol. The molecule has 0 aromatic carbocycles. The van der Waals surface area contributed by atoms with E-state index in [1.165, 1.54) is 0 Å². The zero-order chi connectivity index (χ0) is 9.97. The molecule has 4 nitrogen and oxygen atoms in total. The summed E-state index contributed by atoms with van der Waals surface area (Å²) in [6.45, 7) is 8.29. The van der Waals surface area contributed by atoms with Crippen LogP contribution < -0.4 is 5.32 Å². The van der Waals surface area contributed by atoms with E-state index in [2.05, 4.69) is 22.3 Å². The molecule has 1 N–H and O–H groups in total. The van der Waals surface area contributed by atoms with Gasteiger partial charge in [0.2, 0.25) is 0 Å². The van der Waals surface area contributed by atoms with Gasteiger partial charge in [-0.25, -0.2) is 0 Å². The molecule has 1 aromatic heterocycles. The van der Waals surface area contributed by atoms with Crippen molar-refractivity contribution < 1.29 is 4.52 Å². The number of piperazine rings is 1. The molecule has 14 heavy (non-hydrogen) atoms. The Hall–Kier alpha value is -0.870. The quantitative estimate of drug-likeness (QED) is 0.757. The third kappa shape index (κ3) is 2.13. The summed E-state index contributed by atoms with van der Waals surface area (Å²) in [7, 11) is 0. The van der Waals surface area contributed by atoms with Crippen LogP contribution in [0.2, 0.25) is 0 Å². The minimum Gasteiger partial charge on any atom is -0.361 e. The minimum atomic E-state index is 0.584. The first-order valence-corrected chi connectivity index (χ1v) is 5.12. The van der Waals surface area contributed by atoms with Crippen molar-refractivity contribution in [3.63, 3.8) is 0 Å². The van der Waals surface area contributed by atoms with E-state index in [1.807, 2.05) is 13.0 Å². The summed E-state index contributed by atoms with van der Waals surface area (Å²) >= 11 is 0. The Morgan fingerprint density at radius 2 is 2.57 bits per heavy atom. The van der Waals surface area contributed by atoms with Crippen LogP contribution in [0.3, 0.4) is 0 Å². The monoisotopic (exact) mass is 195 g/mol. The second-order valence-electron chi connectivity index (χ2n) is 3.95. The minimum absolute atomic E-state index is 0.584. The van der Waals surface area contributed by atoms with Gasteiger partial charge in [0.15, 0.2) is 0 Å². The molecule has 0 amide bonds. The number of hydrogen-bond donors (Lipinski definition) is 1. The van der Waals surface area contributed by atoms with Crippen molar-refractivity contribution in [2.75, 3.05) is 19.6 Å². The first-order chi connectivity index (χ1) is 6.75. The van der Waals surface area contributed by atoms with Crippen molar-refractivity contribution in [2.24, 2.45) is 0 Å². The topological polar surface area (TPSA) is 41.3 Å². The molecule has 0 spiro atoms. The molecule has 1 saturated heterocycles. The van der Waals surface area contributed by atoms with Gasteiger partial charge in [-0.1, -0.05) is 5.16 Å². The van der Waals surface area contributed by atoms with Gasteiger partial charge in [0.25, 0.3) is 0 Å². The van der Waals surface area contributed by atoms with Gasteiger partial charge in [0.05, 0.1) is 5.69 Å². The third-order valence-corrected chi connectivity index (χ3v) is 2.68. The maximum Gasteiger partial charge on any atom is 0.133 e. The fraction of sp³-hybridized carbons (Fsp3) is 0.700. The number of aromatic nitrogens is 1. The van der Waals surface area contributed by atoms with Gasteiger partial charge in [-0.15, -0.1) is 0 Å². The molecule has 0 radical (unpaired) electrons. The highest BCUT2D eigenvalue weighted by Crippen LogP contribution is 2.09. The number of aryl methyl sites for hydroxylation is 1. The smallest absolute Gasteiger partial charge is 0.133 e. The molecule has 1 atom stereocenters. The molecule has 2 rings (SSSR count). The predicted molar refractivity (Wildman–Crippen MR) is 54.0 cm³/mol. The van der Waals surface area contributed by atoms with Crippen LogP contribution >= 0.6 is 0 Å². The number of rotatable bonds is 2. The van der Waals surface area contributed by atoms with Gasteiger partial charge in [0, 0.05) is 38.3 Å². The van der Waals surface area contributed by atoms with Gasteiger partial charge < -0.3 is 9.84 Å². The lowest BCUT2D eigenvalue weighted by Gasteiger charge is -2.33. The first kappa shape index (κ1) is 9.68. The summed E-state index contributed by atoms with van der Waals surface area (Å²) in [6, 6.07) is 2.59. The maximum absolute atomic E-state index is 5.05. The molecule has 1 aliphatic heterocycles. The normalized spacial score (nSPS) is 24.0. The van der Waals surface area contributed by atoms with Crippen LogP contribution in [-0.4, -0.2) is 35.7 Å². The van der Waals surface area contributed by atoms with Crippen LogP contribution in [-0.2, 0) is 6.54 Å². The maximum atomic E-state index is 5.05. The summed E-state index contributed by atoms with van der Waals surface area (Å²) in [5, 5.41) is 7.38. The van der Waals surface area contributed by atoms with E-state index in [0.717, 1.165) is 37.6 Å². The first-order valence-electron chi connectivity index (χ1n) is 5.12. The van der Waals surface area contributed by atoms with Crippen molar-refractivity contribution in [2.45, 2.75) is 26.4 Å². The van der Waals surface area contributed by atoms with E-state index in [4.69, 9.17) is 4.52 Å². The van der Waals surface area contributed by atoms with Gasteiger partial charge in [-0.3, -0.25) is 4.90 Å². The van der Waals surface area contributed by atoms with Crippen molar-refractivity contribution in [1.29, 1.82) is 0 Å². The molecule has 78 valence electrons. The highest BCUT2D eigenvalue weighted by Gasteiger charge is 2.18. The van der Waals surface area contributed by atoms with Crippen molar-refractivity contribution in [3.05, 3.63) is 17.5 Å². The fourth-order valence-corrected chi connectivity index (χ4v) is 1.82. The second-order valence-corrected chi connectivity index (χ2v) is 3.95. The highest BCUT2D eigenvalue weighted by molar-refractivity contribution is 5.03. The van der Waals surface area contributed by atoms with Crippen molar-refractivity contribution >= 4 is 0 Å². The molecule has 0 bridgehead atoms. The second kappa shape index (κ2) is 4.11. The van der Waals surface area contributed by atoms with Gasteiger partial charge in [0.1, 0.15) is 5.76 Å². The lowest BCUT2D eigenvalue weighted by Crippen LogP contribution is -2.49. The highest BCUT2D eigenvalue weighted by atomic mass is 16.5. The number of hydrogen-bond acceptors (Lipinski definition) is 4. The Labute approximate surface area is 84.3 Å². The largest absolute Gasteiger partial charge is 0.361 e. The standard InChI is InChI=1S/C10H17N3O/c1-8-6-11-3-4-13(8)7-10-5-9(2)14-12-10/h5,8,11H,3-4,6-7H2,1-2H3/t8-/m0/s1. The van der Waals surface area contributed by atoms with Gasteiger partial charge in [-0.05, 0) is 13.8 Å². The molecule has 2 heterocycles. The summed E-state index contributed by atoms with van der Waals surface area (Å²) in [4.78, 5) is 2.42. The van der Waals surface area contributed by atoms with Crippen LogP contribution in [0.15, 0.2) is 10.6 Å². The summed E-state index contributed by atoms with van der Waals surface area (Å²) in [6.07, 6.45) is 0. The predicted octanol–water partition coefficient (Wildman–Crippen LogP) is 0.777. The molecule has 1 fully saturated rings. The van der Waals surface area contributed by atoms with Crippen LogP contribution in [0.25, 0.3) is 0 Å². The van der Waals surface area contributed by atoms with E-state index < -0.39 is 0 Å². The Morgan fingerprint density at radius 3 is 3.21 bits per heavy atom. The Bertz CT molecular complexity index is 297. The van der Waals surface area contributed by atoms with Crippen LogP contribution in [0, 0.1) is 6.92 Å². The van der Waals surface area contributed by atoms with E-state index in [1.54, 1.807) is 0 Å². The zero-order valence-corrected chi connectivity index (χ0v) is 8.79. The fourth-order valence-electron chi connectivity index (χ4n) is 1.82. The lowest BCUT2D eigenvalue weighted by molar-refractivity contribution is 0.161. The molecular formula is C10H17N3O. The van der Waals surface area contributed by atoms with E-state index in [-0.39, 0.29) is 0 Å². The zero-order valence-electron chi connectivity index (χ0n) is 8.79. The Morgan fingerprint density at radius 1 is 1.71 bits per heavy atom.